The topological polar surface area (TPSA) is 86.2 Å². The van der Waals surface area contributed by atoms with Crippen LogP contribution in [0.25, 0.3) is 0 Å². The van der Waals surface area contributed by atoms with Crippen molar-refractivity contribution in [1.29, 1.82) is 0 Å². The molecule has 4 N–H and O–H groups in total. The minimum absolute atomic E-state index is 0.149. The zero-order chi connectivity index (χ0) is 13.9. The predicted octanol–water partition coefficient (Wildman–Crippen LogP) is 0.446. The van der Waals surface area contributed by atoms with E-state index in [1.807, 2.05) is 24.3 Å². The Labute approximate surface area is 119 Å². The molecule has 0 unspecified atom stereocenters. The number of nitrogen functional groups attached to an aromatic ring is 1. The zero-order valence-corrected chi connectivity index (χ0v) is 12.6. The Morgan fingerprint density at radius 2 is 1.53 bits per heavy atom. The summed E-state index contributed by atoms with van der Waals surface area (Å²) in [6.45, 7) is 0. The van der Waals surface area contributed by atoms with E-state index >= 15 is 0 Å². The van der Waals surface area contributed by atoms with Gasteiger partial charge < -0.3 is 0 Å². The summed E-state index contributed by atoms with van der Waals surface area (Å²) in [5.41, 5.74) is 7.49. The van der Waals surface area contributed by atoms with Gasteiger partial charge in [0, 0.05) is 0 Å². The fourth-order valence-electron chi connectivity index (χ4n) is 1.51. The van der Waals surface area contributed by atoms with E-state index in [9.17, 15) is 8.42 Å². The quantitative estimate of drug-likeness (QED) is 0.625. The number of hydrogen-bond acceptors (Lipinski definition) is 3. The molecular weight excluding hydrogens is 327 g/mol. The summed E-state index contributed by atoms with van der Waals surface area (Å²) in [6.07, 6.45) is 0. The van der Waals surface area contributed by atoms with Crippen LogP contribution in [-0.4, -0.2) is 23.4 Å². The average molecular weight is 341 g/mol. The third-order valence-corrected chi connectivity index (χ3v) is 5.74. The first kappa shape index (κ1) is 14.1. The summed E-state index contributed by atoms with van der Waals surface area (Å²) in [5.74, 6) is 0. The molecule has 0 saturated heterocycles. The molecule has 100 valence electrons. The summed E-state index contributed by atoms with van der Waals surface area (Å²) in [4.78, 5) is 0.149. The molecule has 0 aliphatic heterocycles. The number of anilines is 1. The summed E-state index contributed by atoms with van der Waals surface area (Å²) >= 11 is 0.302. The van der Waals surface area contributed by atoms with Gasteiger partial charge in [0.25, 0.3) is 0 Å². The summed E-state index contributed by atoms with van der Waals surface area (Å²) in [5, 5.41) is 5.95. The van der Waals surface area contributed by atoms with E-state index in [2.05, 4.69) is 0 Å². The first-order valence-electron chi connectivity index (χ1n) is 5.55. The minimum atomic E-state index is -3.60. The molecule has 19 heavy (non-hydrogen) atoms. The van der Waals surface area contributed by atoms with Crippen LogP contribution in [0.5, 0.6) is 0 Å². The van der Waals surface area contributed by atoms with E-state index in [4.69, 9.17) is 10.9 Å². The van der Waals surface area contributed by atoms with Crippen molar-refractivity contribution in [2.75, 3.05) is 5.73 Å². The fourth-order valence-corrected chi connectivity index (χ4v) is 3.81. The van der Waals surface area contributed by atoms with Crippen LogP contribution < -0.4 is 15.3 Å². The number of sulfonamides is 1. The van der Waals surface area contributed by atoms with Gasteiger partial charge in [0.1, 0.15) is 0 Å². The predicted molar refractivity (Wildman–Crippen MR) is 77.8 cm³/mol. The first-order valence-corrected chi connectivity index (χ1v) is 9.17. The number of rotatable bonds is 4. The molecule has 0 atom stereocenters. The Kier molecular flexibility index (Phi) is 4.27. The maximum absolute atomic E-state index is 11.1. The van der Waals surface area contributed by atoms with Crippen LogP contribution in [0.1, 0.15) is 5.56 Å². The van der Waals surface area contributed by atoms with Gasteiger partial charge in [-0.15, -0.1) is 0 Å². The van der Waals surface area contributed by atoms with Gasteiger partial charge in [-0.25, -0.2) is 0 Å². The molecule has 0 spiro atoms. The fraction of sp³-hybridized carbons (Fsp3) is 0.0769. The van der Waals surface area contributed by atoms with Crippen molar-refractivity contribution in [2.24, 2.45) is 5.14 Å². The van der Waals surface area contributed by atoms with E-state index in [1.54, 1.807) is 24.3 Å². The molecule has 0 bridgehead atoms. The van der Waals surface area contributed by atoms with Gasteiger partial charge in [-0.1, -0.05) is 0 Å². The third-order valence-electron chi connectivity index (χ3n) is 2.54. The molecule has 0 fully saturated rings. The van der Waals surface area contributed by atoms with Crippen molar-refractivity contribution < 1.29 is 8.42 Å². The van der Waals surface area contributed by atoms with Crippen LogP contribution in [0.3, 0.4) is 0 Å². The SMILES string of the molecule is Nc1ccc([Se]Cc2ccc(S(N)(=O)=O)cc2)cc1. The Bertz CT molecular complexity index is 652. The molecule has 0 heterocycles. The molecule has 0 radical (unpaired) electrons. The zero-order valence-electron chi connectivity index (χ0n) is 10.1. The monoisotopic (exact) mass is 342 g/mol. The van der Waals surface area contributed by atoms with Gasteiger partial charge in [0.2, 0.25) is 0 Å². The molecule has 0 aliphatic carbocycles. The number of nitrogens with two attached hydrogens (primary N) is 2. The van der Waals surface area contributed by atoms with Crippen LogP contribution >= 0.6 is 0 Å². The van der Waals surface area contributed by atoms with E-state index in [0.29, 0.717) is 15.0 Å². The second-order valence-electron chi connectivity index (χ2n) is 4.05. The van der Waals surface area contributed by atoms with E-state index < -0.39 is 10.0 Å². The molecular formula is C13H14N2O2SSe. The molecule has 4 nitrogen and oxygen atoms in total. The molecule has 0 aromatic heterocycles. The molecule has 2 rings (SSSR count). The van der Waals surface area contributed by atoms with Crippen molar-refractivity contribution in [1.82, 2.24) is 0 Å². The van der Waals surface area contributed by atoms with E-state index in [0.717, 1.165) is 16.6 Å². The van der Waals surface area contributed by atoms with Crippen molar-refractivity contribution in [2.45, 2.75) is 10.2 Å². The van der Waals surface area contributed by atoms with Crippen molar-refractivity contribution >= 4 is 35.1 Å². The molecule has 0 amide bonds. The standard InChI is InChI=1S/C13H14N2O2SSe/c14-11-3-7-13(8-4-11)19-9-10-1-5-12(6-2-10)18(15,16)17/h1-8H,9,14H2,(H2,15,16,17). The second kappa shape index (κ2) is 5.75. The van der Waals surface area contributed by atoms with Crippen molar-refractivity contribution in [3.8, 4) is 0 Å². The molecule has 0 saturated carbocycles. The number of hydrogen-bond donors (Lipinski definition) is 2. The average Bonchev–Trinajstić information content (AvgIpc) is 2.37. The van der Waals surface area contributed by atoms with Crippen molar-refractivity contribution in [3.63, 3.8) is 0 Å². The third kappa shape index (κ3) is 4.08. The van der Waals surface area contributed by atoms with Crippen molar-refractivity contribution in [3.05, 3.63) is 54.1 Å². The Hall–Kier alpha value is -1.33. The van der Waals surface area contributed by atoms with Gasteiger partial charge in [0.15, 0.2) is 0 Å². The molecule has 6 heteroatoms. The van der Waals surface area contributed by atoms with E-state index in [1.165, 1.54) is 4.46 Å². The Balaban J connectivity index is 2.02. The normalized spacial score (nSPS) is 11.4. The number of primary sulfonamides is 1. The van der Waals surface area contributed by atoms with Gasteiger partial charge >= 0.3 is 119 Å². The van der Waals surface area contributed by atoms with Gasteiger partial charge in [-0.05, 0) is 0 Å². The van der Waals surface area contributed by atoms with Crippen LogP contribution in [0.15, 0.2) is 53.4 Å². The molecule has 2 aromatic rings. The summed E-state index contributed by atoms with van der Waals surface area (Å²) in [7, 11) is -3.60. The van der Waals surface area contributed by atoms with Crippen LogP contribution in [-0.2, 0) is 15.3 Å². The molecule has 2 aromatic carbocycles. The second-order valence-corrected chi connectivity index (χ2v) is 7.81. The van der Waals surface area contributed by atoms with Crippen LogP contribution in [0.4, 0.5) is 5.69 Å². The Morgan fingerprint density at radius 3 is 2.05 bits per heavy atom. The molecule has 0 aliphatic rings. The summed E-state index contributed by atoms with van der Waals surface area (Å²) in [6, 6.07) is 14.5. The maximum atomic E-state index is 11.1. The van der Waals surface area contributed by atoms with E-state index in [-0.39, 0.29) is 4.90 Å². The van der Waals surface area contributed by atoms with Crippen LogP contribution in [0, 0.1) is 0 Å². The van der Waals surface area contributed by atoms with Crippen LogP contribution in [0.2, 0.25) is 0 Å². The van der Waals surface area contributed by atoms with Gasteiger partial charge in [-0.2, -0.15) is 0 Å². The van der Waals surface area contributed by atoms with Gasteiger partial charge in [-0.3, -0.25) is 0 Å². The number of benzene rings is 2. The summed E-state index contributed by atoms with van der Waals surface area (Å²) < 4.78 is 23.5. The Morgan fingerprint density at radius 1 is 0.947 bits per heavy atom. The first-order chi connectivity index (χ1) is 8.95. The van der Waals surface area contributed by atoms with Gasteiger partial charge in [0.05, 0.1) is 0 Å².